The average Bonchev–Trinajstić information content (AvgIpc) is 2.52. The summed E-state index contributed by atoms with van der Waals surface area (Å²) in [5.41, 5.74) is -0.713. The van der Waals surface area contributed by atoms with E-state index in [1.54, 1.807) is 12.3 Å². The van der Waals surface area contributed by atoms with Gasteiger partial charge in [0.15, 0.2) is 5.60 Å². The Hall–Kier alpha value is -2.98. The molecule has 28 heavy (non-hydrogen) atoms. The Balaban J connectivity index is 0.000000284. The van der Waals surface area contributed by atoms with Crippen molar-refractivity contribution < 1.29 is 39.5 Å². The zero-order valence-corrected chi connectivity index (χ0v) is 15.5. The Labute approximate surface area is 161 Å². The lowest BCUT2D eigenvalue weighted by molar-refractivity contribution is -0.170. The third-order valence-electron chi connectivity index (χ3n) is 3.93. The minimum absolute atomic E-state index is 0.675. The number of nitrogens with zero attached hydrogens (tertiary/aromatic N) is 2. The number of aryl methyl sites for hydroxylation is 1. The average molecular weight is 396 g/mol. The maximum absolute atomic E-state index is 10.3. The van der Waals surface area contributed by atoms with Crippen LogP contribution in [0, 0.1) is 6.92 Å². The minimum Gasteiger partial charge on any atom is -0.481 e. The third-order valence-corrected chi connectivity index (χ3v) is 3.93. The van der Waals surface area contributed by atoms with Crippen LogP contribution in [0.2, 0.25) is 0 Å². The molecule has 1 aliphatic heterocycles. The first-order valence-electron chi connectivity index (χ1n) is 8.41. The van der Waals surface area contributed by atoms with E-state index in [-0.39, 0.29) is 0 Å². The standard InChI is InChI=1S/C12H16N2O.C6H8O7/c1-3-12-10(2)7-11(8-13-12)15-9-14-5-4-6-14;7-3(8)1-6(13,5(11)12)2-4(9)10/h3,7-8H,1,4-6,9H2,2H3;13H,1-2H2,(H,7,8)(H,9,10)(H,11,12). The van der Waals surface area contributed by atoms with Gasteiger partial charge in [-0.2, -0.15) is 0 Å². The molecule has 4 N–H and O–H groups in total. The number of carboxylic acids is 3. The SMILES string of the molecule is C=Cc1ncc(OCN2CCC2)cc1C.O=C(O)CC(O)(CC(=O)O)C(=O)O. The Morgan fingerprint density at radius 1 is 1.25 bits per heavy atom. The lowest BCUT2D eigenvalue weighted by Gasteiger charge is -2.30. The summed E-state index contributed by atoms with van der Waals surface area (Å²) in [6.45, 7) is 8.70. The first kappa shape index (κ1) is 23.1. The number of rotatable bonds is 9. The molecule has 1 aliphatic rings. The van der Waals surface area contributed by atoms with Crippen LogP contribution in [0.5, 0.6) is 5.75 Å². The summed E-state index contributed by atoms with van der Waals surface area (Å²) in [5.74, 6) is -4.18. The molecular formula is C18H24N2O8. The summed E-state index contributed by atoms with van der Waals surface area (Å²) >= 11 is 0. The molecule has 0 amide bonds. The molecule has 154 valence electrons. The van der Waals surface area contributed by atoms with Crippen molar-refractivity contribution in [1.29, 1.82) is 0 Å². The van der Waals surface area contributed by atoms with Crippen LogP contribution >= 0.6 is 0 Å². The van der Waals surface area contributed by atoms with Gasteiger partial charge in [0.05, 0.1) is 24.7 Å². The second kappa shape index (κ2) is 10.4. The normalized spacial score (nSPS) is 13.5. The number of carbonyl (C=O) groups is 3. The van der Waals surface area contributed by atoms with Gasteiger partial charge in [-0.1, -0.05) is 6.58 Å². The number of pyridine rings is 1. The number of ether oxygens (including phenoxy) is 1. The quantitative estimate of drug-likeness (QED) is 0.471. The molecule has 0 bridgehead atoms. The van der Waals surface area contributed by atoms with Crippen molar-refractivity contribution in [2.45, 2.75) is 31.8 Å². The van der Waals surface area contributed by atoms with E-state index in [0.29, 0.717) is 6.73 Å². The zero-order valence-electron chi connectivity index (χ0n) is 15.5. The molecule has 0 unspecified atom stereocenters. The van der Waals surface area contributed by atoms with Crippen molar-refractivity contribution in [2.75, 3.05) is 19.8 Å². The molecule has 1 saturated heterocycles. The van der Waals surface area contributed by atoms with Crippen molar-refractivity contribution in [3.63, 3.8) is 0 Å². The molecule has 1 aromatic heterocycles. The largest absolute Gasteiger partial charge is 0.481 e. The van der Waals surface area contributed by atoms with Crippen LogP contribution in [-0.4, -0.2) is 73.6 Å². The minimum atomic E-state index is -2.74. The molecule has 0 aliphatic carbocycles. The second-order valence-corrected chi connectivity index (χ2v) is 6.30. The van der Waals surface area contributed by atoms with E-state index in [2.05, 4.69) is 16.5 Å². The van der Waals surface area contributed by atoms with E-state index in [1.807, 2.05) is 13.0 Å². The Bertz CT molecular complexity index is 714. The van der Waals surface area contributed by atoms with Gasteiger partial charge >= 0.3 is 17.9 Å². The molecule has 2 rings (SSSR count). The zero-order chi connectivity index (χ0) is 21.3. The molecule has 10 nitrogen and oxygen atoms in total. The first-order valence-corrected chi connectivity index (χ1v) is 8.41. The van der Waals surface area contributed by atoms with E-state index in [0.717, 1.165) is 30.1 Å². The smallest absolute Gasteiger partial charge is 0.336 e. The molecule has 10 heteroatoms. The van der Waals surface area contributed by atoms with Crippen LogP contribution in [0.1, 0.15) is 30.5 Å². The summed E-state index contributed by atoms with van der Waals surface area (Å²) in [7, 11) is 0. The molecule has 0 spiro atoms. The summed E-state index contributed by atoms with van der Waals surface area (Å²) in [6.07, 6.45) is 2.51. The lowest BCUT2D eigenvalue weighted by atomic mass is 9.96. The maximum atomic E-state index is 10.3. The van der Waals surface area contributed by atoms with Gasteiger partial charge in [-0.3, -0.25) is 19.5 Å². The van der Waals surface area contributed by atoms with Gasteiger partial charge < -0.3 is 25.2 Å². The topological polar surface area (TPSA) is 157 Å². The van der Waals surface area contributed by atoms with Crippen molar-refractivity contribution in [3.8, 4) is 5.75 Å². The first-order chi connectivity index (χ1) is 13.1. The Morgan fingerprint density at radius 3 is 2.18 bits per heavy atom. The monoisotopic (exact) mass is 396 g/mol. The Kier molecular flexibility index (Phi) is 8.55. The highest BCUT2D eigenvalue weighted by molar-refractivity contribution is 5.88. The van der Waals surface area contributed by atoms with Gasteiger partial charge in [0, 0.05) is 13.1 Å². The van der Waals surface area contributed by atoms with Crippen LogP contribution < -0.4 is 4.74 Å². The highest BCUT2D eigenvalue weighted by Crippen LogP contribution is 2.17. The molecule has 1 fully saturated rings. The number of hydrogen-bond acceptors (Lipinski definition) is 7. The fourth-order valence-corrected chi connectivity index (χ4v) is 2.24. The van der Waals surface area contributed by atoms with Crippen molar-refractivity contribution in [2.24, 2.45) is 0 Å². The van der Waals surface area contributed by atoms with Crippen molar-refractivity contribution >= 4 is 24.0 Å². The number of likely N-dealkylation sites (tertiary alicyclic amines) is 1. The van der Waals surface area contributed by atoms with Gasteiger partial charge in [-0.05, 0) is 31.1 Å². The lowest BCUT2D eigenvalue weighted by Crippen LogP contribution is -2.42. The van der Waals surface area contributed by atoms with E-state index >= 15 is 0 Å². The fourth-order valence-electron chi connectivity index (χ4n) is 2.24. The number of carboxylic acid groups (broad SMARTS) is 3. The Morgan fingerprint density at radius 2 is 1.82 bits per heavy atom. The van der Waals surface area contributed by atoms with Gasteiger partial charge in [-0.15, -0.1) is 0 Å². The maximum Gasteiger partial charge on any atom is 0.336 e. The van der Waals surface area contributed by atoms with Gasteiger partial charge in [-0.25, -0.2) is 4.79 Å². The molecule has 0 radical (unpaired) electrons. The fraction of sp³-hybridized carbons (Fsp3) is 0.444. The van der Waals surface area contributed by atoms with Crippen LogP contribution in [-0.2, 0) is 14.4 Å². The molecule has 0 aromatic carbocycles. The van der Waals surface area contributed by atoms with E-state index in [4.69, 9.17) is 25.2 Å². The second-order valence-electron chi connectivity index (χ2n) is 6.30. The number of aliphatic hydroxyl groups is 1. The summed E-state index contributed by atoms with van der Waals surface area (Å²) < 4.78 is 5.62. The molecular weight excluding hydrogens is 372 g/mol. The third kappa shape index (κ3) is 7.33. The van der Waals surface area contributed by atoms with Crippen molar-refractivity contribution in [1.82, 2.24) is 9.88 Å². The van der Waals surface area contributed by atoms with Crippen LogP contribution in [0.15, 0.2) is 18.8 Å². The molecule has 0 atom stereocenters. The number of aliphatic carboxylic acids is 3. The van der Waals surface area contributed by atoms with E-state index in [9.17, 15) is 14.4 Å². The summed E-state index contributed by atoms with van der Waals surface area (Å²) in [5, 5.41) is 33.8. The summed E-state index contributed by atoms with van der Waals surface area (Å²) in [4.78, 5) is 37.0. The predicted molar refractivity (Wildman–Crippen MR) is 97.8 cm³/mol. The molecule has 2 heterocycles. The van der Waals surface area contributed by atoms with E-state index < -0.39 is 36.4 Å². The molecule has 1 aromatic rings. The van der Waals surface area contributed by atoms with Crippen molar-refractivity contribution in [3.05, 3.63) is 30.1 Å². The van der Waals surface area contributed by atoms with Gasteiger partial charge in [0.2, 0.25) is 0 Å². The number of aromatic nitrogens is 1. The number of hydrogen-bond donors (Lipinski definition) is 4. The van der Waals surface area contributed by atoms with E-state index in [1.165, 1.54) is 6.42 Å². The van der Waals surface area contributed by atoms with Crippen LogP contribution in [0.25, 0.3) is 6.08 Å². The predicted octanol–water partition coefficient (Wildman–Crippen LogP) is 0.827. The highest BCUT2D eigenvalue weighted by Gasteiger charge is 2.40. The van der Waals surface area contributed by atoms with Gasteiger partial charge in [0.25, 0.3) is 0 Å². The summed E-state index contributed by atoms with van der Waals surface area (Å²) in [6, 6.07) is 2.00. The highest BCUT2D eigenvalue weighted by atomic mass is 16.5. The van der Waals surface area contributed by atoms with Crippen LogP contribution in [0.3, 0.4) is 0 Å². The van der Waals surface area contributed by atoms with Gasteiger partial charge in [0.1, 0.15) is 12.5 Å². The van der Waals surface area contributed by atoms with Crippen LogP contribution in [0.4, 0.5) is 0 Å². The molecule has 0 saturated carbocycles.